The second-order valence-corrected chi connectivity index (χ2v) is 3.81. The predicted octanol–water partition coefficient (Wildman–Crippen LogP) is 2.07. The minimum absolute atomic E-state index is 0.237. The van der Waals surface area contributed by atoms with E-state index < -0.39 is 0 Å². The Balaban J connectivity index is 2.26. The molecule has 2 N–H and O–H groups in total. The van der Waals surface area contributed by atoms with Crippen molar-refractivity contribution in [3.05, 3.63) is 54.4 Å². The van der Waals surface area contributed by atoms with Crippen LogP contribution in [0.2, 0.25) is 0 Å². The van der Waals surface area contributed by atoms with Gasteiger partial charge in [0.05, 0.1) is 5.92 Å². The Hall–Kier alpha value is -2.03. The summed E-state index contributed by atoms with van der Waals surface area (Å²) in [6, 6.07) is 11.8. The van der Waals surface area contributed by atoms with Crippen LogP contribution < -0.4 is 5.73 Å². The summed E-state index contributed by atoms with van der Waals surface area (Å²) in [5.74, 6) is -0.535. The fraction of sp³-hybridized carbons (Fsp3) is 0.154. The van der Waals surface area contributed by atoms with Gasteiger partial charge in [0.2, 0.25) is 5.91 Å². The third kappa shape index (κ3) is 1.98. The first-order chi connectivity index (χ1) is 7.68. The molecule has 0 saturated heterocycles. The molecule has 2 aromatic rings. The normalized spacial score (nSPS) is 12.3. The van der Waals surface area contributed by atoms with Gasteiger partial charge in [-0.15, -0.1) is 0 Å². The number of nitrogens with zero attached hydrogens (tertiary/aromatic N) is 1. The largest absolute Gasteiger partial charge is 0.369 e. The molecule has 16 heavy (non-hydrogen) atoms. The van der Waals surface area contributed by atoms with Crippen molar-refractivity contribution in [2.24, 2.45) is 5.73 Å². The molecule has 82 valence electrons. The highest BCUT2D eigenvalue weighted by Crippen LogP contribution is 2.17. The second kappa shape index (κ2) is 4.23. The SMILES string of the molecule is CC(C(N)=O)c1ccc(-n2cccc2)cc1. The highest BCUT2D eigenvalue weighted by Gasteiger charge is 2.10. The fourth-order valence-electron chi connectivity index (χ4n) is 1.61. The number of hydrogen-bond donors (Lipinski definition) is 1. The predicted molar refractivity (Wildman–Crippen MR) is 63.4 cm³/mol. The third-order valence-electron chi connectivity index (χ3n) is 2.72. The molecule has 1 unspecified atom stereocenters. The first-order valence-electron chi connectivity index (χ1n) is 5.21. The molecule has 0 radical (unpaired) electrons. The molecule has 0 aliphatic rings. The van der Waals surface area contributed by atoms with Crippen molar-refractivity contribution in [1.82, 2.24) is 4.57 Å². The molecular formula is C13H14N2O. The van der Waals surface area contributed by atoms with Crippen molar-refractivity contribution >= 4 is 5.91 Å². The van der Waals surface area contributed by atoms with Crippen molar-refractivity contribution in [3.63, 3.8) is 0 Å². The third-order valence-corrected chi connectivity index (χ3v) is 2.72. The zero-order chi connectivity index (χ0) is 11.5. The Morgan fingerprint density at radius 1 is 1.19 bits per heavy atom. The zero-order valence-electron chi connectivity index (χ0n) is 9.13. The lowest BCUT2D eigenvalue weighted by Gasteiger charge is -2.09. The van der Waals surface area contributed by atoms with Crippen LogP contribution in [0.4, 0.5) is 0 Å². The van der Waals surface area contributed by atoms with E-state index in [1.807, 2.05) is 60.3 Å². The van der Waals surface area contributed by atoms with Gasteiger partial charge in [0.15, 0.2) is 0 Å². The van der Waals surface area contributed by atoms with E-state index in [1.165, 1.54) is 0 Å². The van der Waals surface area contributed by atoms with Gasteiger partial charge in [-0.05, 0) is 36.8 Å². The van der Waals surface area contributed by atoms with Crippen LogP contribution in [0.3, 0.4) is 0 Å². The van der Waals surface area contributed by atoms with Crippen LogP contribution in [0.1, 0.15) is 18.4 Å². The molecule has 0 aliphatic heterocycles. The van der Waals surface area contributed by atoms with E-state index in [2.05, 4.69) is 0 Å². The van der Waals surface area contributed by atoms with E-state index in [0.717, 1.165) is 11.3 Å². The first kappa shape index (κ1) is 10.5. The van der Waals surface area contributed by atoms with Gasteiger partial charge in [0, 0.05) is 18.1 Å². The van der Waals surface area contributed by atoms with E-state index in [4.69, 9.17) is 5.73 Å². The second-order valence-electron chi connectivity index (χ2n) is 3.81. The monoisotopic (exact) mass is 214 g/mol. The van der Waals surface area contributed by atoms with Crippen molar-refractivity contribution in [3.8, 4) is 5.69 Å². The average Bonchev–Trinajstić information content (AvgIpc) is 2.81. The molecule has 1 aromatic carbocycles. The van der Waals surface area contributed by atoms with E-state index in [-0.39, 0.29) is 11.8 Å². The fourth-order valence-corrected chi connectivity index (χ4v) is 1.61. The molecule has 1 aromatic heterocycles. The highest BCUT2D eigenvalue weighted by atomic mass is 16.1. The topological polar surface area (TPSA) is 48.0 Å². The summed E-state index contributed by atoms with van der Waals surface area (Å²) in [6.45, 7) is 1.81. The quantitative estimate of drug-likeness (QED) is 0.835. The molecule has 0 fully saturated rings. The van der Waals surface area contributed by atoms with E-state index >= 15 is 0 Å². The van der Waals surface area contributed by atoms with Crippen LogP contribution in [0.5, 0.6) is 0 Å². The number of rotatable bonds is 3. The van der Waals surface area contributed by atoms with Crippen LogP contribution in [0, 0.1) is 0 Å². The Morgan fingerprint density at radius 2 is 1.75 bits per heavy atom. The molecule has 0 saturated carbocycles. The van der Waals surface area contributed by atoms with Crippen molar-refractivity contribution in [2.45, 2.75) is 12.8 Å². The van der Waals surface area contributed by atoms with Crippen molar-refractivity contribution < 1.29 is 4.79 Å². The number of aromatic nitrogens is 1. The van der Waals surface area contributed by atoms with Gasteiger partial charge >= 0.3 is 0 Å². The standard InChI is InChI=1S/C13H14N2O/c1-10(13(14)16)11-4-6-12(7-5-11)15-8-2-3-9-15/h2-10H,1H3,(H2,14,16). The number of nitrogens with two attached hydrogens (primary N) is 1. The van der Waals surface area contributed by atoms with Gasteiger partial charge in [-0.1, -0.05) is 12.1 Å². The molecule has 0 spiro atoms. The maximum Gasteiger partial charge on any atom is 0.224 e. The summed E-state index contributed by atoms with van der Waals surface area (Å²) in [7, 11) is 0. The summed E-state index contributed by atoms with van der Waals surface area (Å²) in [6.07, 6.45) is 3.96. The number of carbonyl (C=O) groups excluding carboxylic acids is 1. The summed E-state index contributed by atoms with van der Waals surface area (Å²) in [5, 5.41) is 0. The summed E-state index contributed by atoms with van der Waals surface area (Å²) < 4.78 is 2.01. The van der Waals surface area contributed by atoms with Crippen molar-refractivity contribution in [2.75, 3.05) is 0 Å². The van der Waals surface area contributed by atoms with Crippen LogP contribution >= 0.6 is 0 Å². The lowest BCUT2D eigenvalue weighted by molar-refractivity contribution is -0.119. The zero-order valence-corrected chi connectivity index (χ0v) is 9.13. The minimum atomic E-state index is -0.297. The molecule has 3 nitrogen and oxygen atoms in total. The Labute approximate surface area is 94.5 Å². The van der Waals surface area contributed by atoms with Crippen molar-refractivity contribution in [1.29, 1.82) is 0 Å². The molecule has 1 atom stereocenters. The van der Waals surface area contributed by atoms with E-state index in [1.54, 1.807) is 0 Å². The summed E-state index contributed by atoms with van der Waals surface area (Å²) in [4.78, 5) is 11.0. The number of carbonyl (C=O) groups is 1. The Morgan fingerprint density at radius 3 is 2.25 bits per heavy atom. The summed E-state index contributed by atoms with van der Waals surface area (Å²) in [5.41, 5.74) is 7.28. The molecule has 3 heteroatoms. The smallest absolute Gasteiger partial charge is 0.224 e. The molecule has 2 rings (SSSR count). The maximum absolute atomic E-state index is 11.0. The van der Waals surface area contributed by atoms with E-state index in [0.29, 0.717) is 0 Å². The van der Waals surface area contributed by atoms with Gasteiger partial charge in [0.1, 0.15) is 0 Å². The van der Waals surface area contributed by atoms with Gasteiger partial charge in [-0.25, -0.2) is 0 Å². The van der Waals surface area contributed by atoms with Gasteiger partial charge in [0.25, 0.3) is 0 Å². The number of primary amides is 1. The minimum Gasteiger partial charge on any atom is -0.369 e. The van der Waals surface area contributed by atoms with Gasteiger partial charge in [-0.3, -0.25) is 4.79 Å². The summed E-state index contributed by atoms with van der Waals surface area (Å²) >= 11 is 0. The molecular weight excluding hydrogens is 200 g/mol. The van der Waals surface area contributed by atoms with Gasteiger partial charge < -0.3 is 10.3 Å². The molecule has 1 heterocycles. The maximum atomic E-state index is 11.0. The number of benzene rings is 1. The lowest BCUT2D eigenvalue weighted by Crippen LogP contribution is -2.18. The number of amides is 1. The first-order valence-corrected chi connectivity index (χ1v) is 5.21. The van der Waals surface area contributed by atoms with Crippen LogP contribution in [0.25, 0.3) is 5.69 Å². The average molecular weight is 214 g/mol. The van der Waals surface area contributed by atoms with Crippen LogP contribution in [-0.4, -0.2) is 10.5 Å². The molecule has 0 bridgehead atoms. The Kier molecular flexibility index (Phi) is 2.77. The molecule has 0 aliphatic carbocycles. The molecule has 1 amide bonds. The van der Waals surface area contributed by atoms with Crippen LogP contribution in [0.15, 0.2) is 48.8 Å². The van der Waals surface area contributed by atoms with E-state index in [9.17, 15) is 4.79 Å². The highest BCUT2D eigenvalue weighted by molar-refractivity contribution is 5.81. The van der Waals surface area contributed by atoms with Gasteiger partial charge in [-0.2, -0.15) is 0 Å². The number of hydrogen-bond acceptors (Lipinski definition) is 1. The Bertz CT molecular complexity index is 471. The lowest BCUT2D eigenvalue weighted by atomic mass is 10.0. The van der Waals surface area contributed by atoms with Crippen LogP contribution in [-0.2, 0) is 4.79 Å².